The van der Waals surface area contributed by atoms with Crippen LogP contribution in [0.5, 0.6) is 0 Å². The fourth-order valence-corrected chi connectivity index (χ4v) is 3.92. The molecule has 3 nitrogen and oxygen atoms in total. The minimum Gasteiger partial charge on any atom is -0.468 e. The molecule has 0 unspecified atom stereocenters. The van der Waals surface area contributed by atoms with Crippen molar-refractivity contribution < 1.29 is 9.53 Å². The first kappa shape index (κ1) is 20.8. The smallest absolute Gasteiger partial charge is 0.317 e. The van der Waals surface area contributed by atoms with Crippen molar-refractivity contribution in [1.82, 2.24) is 4.90 Å². The molecule has 0 saturated heterocycles. The molecule has 0 amide bonds. The van der Waals surface area contributed by atoms with Gasteiger partial charge in [-0.2, -0.15) is 0 Å². The van der Waals surface area contributed by atoms with Crippen molar-refractivity contribution in [2.45, 2.75) is 31.8 Å². The van der Waals surface area contributed by atoms with Gasteiger partial charge in [0.2, 0.25) is 0 Å². The summed E-state index contributed by atoms with van der Waals surface area (Å²) < 4.78 is 5.30. The van der Waals surface area contributed by atoms with Gasteiger partial charge in [0.05, 0.1) is 7.11 Å². The molecule has 29 heavy (non-hydrogen) atoms. The first-order valence-corrected chi connectivity index (χ1v) is 10.1. The number of methoxy groups -OCH3 is 1. The van der Waals surface area contributed by atoms with Crippen molar-refractivity contribution in [2.24, 2.45) is 0 Å². The molecule has 0 spiro atoms. The Bertz CT molecular complexity index is 839. The predicted molar refractivity (Wildman–Crippen MR) is 117 cm³/mol. The lowest BCUT2D eigenvalue weighted by Gasteiger charge is -2.36. The standard InChI is InChI=1S/C26H29NO2/c1-3-26(25(28)29-2,24-17-11-6-12-18-24)21-27(19-22-13-7-4-8-14-22)20-23-15-9-5-10-16-23/h4-18H,3,19-21H2,1-2H3/t26-/m0/s1. The van der Waals surface area contributed by atoms with Gasteiger partial charge in [0.1, 0.15) is 5.41 Å². The summed E-state index contributed by atoms with van der Waals surface area (Å²) in [6.07, 6.45) is 0.670. The molecule has 0 aliphatic heterocycles. The summed E-state index contributed by atoms with van der Waals surface area (Å²) in [7, 11) is 1.48. The molecule has 0 heterocycles. The second-order valence-electron chi connectivity index (χ2n) is 7.41. The van der Waals surface area contributed by atoms with E-state index in [2.05, 4.69) is 60.4 Å². The number of hydrogen-bond donors (Lipinski definition) is 0. The Balaban J connectivity index is 1.96. The van der Waals surface area contributed by atoms with Crippen LogP contribution in [0.4, 0.5) is 0 Å². The lowest BCUT2D eigenvalue weighted by atomic mass is 9.77. The van der Waals surface area contributed by atoms with Gasteiger partial charge < -0.3 is 4.74 Å². The van der Waals surface area contributed by atoms with Crippen LogP contribution in [0.25, 0.3) is 0 Å². The number of benzene rings is 3. The molecular weight excluding hydrogens is 358 g/mol. The van der Waals surface area contributed by atoms with E-state index < -0.39 is 5.41 Å². The molecule has 0 aliphatic rings. The summed E-state index contributed by atoms with van der Waals surface area (Å²) in [5, 5.41) is 0. The molecular formula is C26H29NO2. The second-order valence-corrected chi connectivity index (χ2v) is 7.41. The van der Waals surface area contributed by atoms with Gasteiger partial charge in [-0.05, 0) is 23.1 Å². The van der Waals surface area contributed by atoms with Crippen LogP contribution in [0.15, 0.2) is 91.0 Å². The highest BCUT2D eigenvalue weighted by molar-refractivity contribution is 5.83. The topological polar surface area (TPSA) is 29.5 Å². The van der Waals surface area contributed by atoms with Crippen molar-refractivity contribution in [1.29, 1.82) is 0 Å². The van der Waals surface area contributed by atoms with Crippen LogP contribution in [-0.4, -0.2) is 24.5 Å². The average molecular weight is 388 g/mol. The summed E-state index contributed by atoms with van der Waals surface area (Å²) in [5.74, 6) is -0.183. The Kier molecular flexibility index (Phi) is 7.20. The van der Waals surface area contributed by atoms with E-state index in [9.17, 15) is 4.79 Å². The summed E-state index contributed by atoms with van der Waals surface area (Å²) >= 11 is 0. The molecule has 3 aromatic rings. The molecule has 0 saturated carbocycles. The van der Waals surface area contributed by atoms with Gasteiger partial charge in [-0.15, -0.1) is 0 Å². The predicted octanol–water partition coefficient (Wildman–Crippen LogP) is 5.21. The maximum atomic E-state index is 13.1. The lowest BCUT2D eigenvalue weighted by molar-refractivity contribution is -0.149. The number of nitrogens with zero attached hydrogens (tertiary/aromatic N) is 1. The first-order valence-electron chi connectivity index (χ1n) is 10.1. The molecule has 150 valence electrons. The van der Waals surface area contributed by atoms with Crippen LogP contribution in [0.2, 0.25) is 0 Å². The lowest BCUT2D eigenvalue weighted by Crippen LogP contribution is -2.46. The Hall–Kier alpha value is -2.91. The third-order valence-electron chi connectivity index (χ3n) is 5.50. The fraction of sp³-hybridized carbons (Fsp3) is 0.269. The van der Waals surface area contributed by atoms with E-state index in [4.69, 9.17) is 4.74 Å². The summed E-state index contributed by atoms with van der Waals surface area (Å²) in [6, 6.07) is 30.8. The van der Waals surface area contributed by atoms with Crippen molar-refractivity contribution >= 4 is 5.97 Å². The highest BCUT2D eigenvalue weighted by Gasteiger charge is 2.41. The van der Waals surface area contributed by atoms with Gasteiger partial charge in [-0.25, -0.2) is 0 Å². The molecule has 0 fully saturated rings. The highest BCUT2D eigenvalue weighted by atomic mass is 16.5. The SMILES string of the molecule is CC[C@@](CN(Cc1ccccc1)Cc1ccccc1)(C(=O)OC)c1ccccc1. The van der Waals surface area contributed by atoms with Gasteiger partial charge in [0.15, 0.2) is 0 Å². The minimum absolute atomic E-state index is 0.183. The van der Waals surface area contributed by atoms with Crippen molar-refractivity contribution in [3.05, 3.63) is 108 Å². The third kappa shape index (κ3) is 5.12. The summed E-state index contributed by atoms with van der Waals surface area (Å²) in [5.41, 5.74) is 2.75. The quantitative estimate of drug-likeness (QED) is 0.472. The third-order valence-corrected chi connectivity index (χ3v) is 5.50. The number of carbonyl (C=O) groups is 1. The minimum atomic E-state index is -0.709. The maximum absolute atomic E-state index is 13.1. The van der Waals surface area contributed by atoms with E-state index in [0.717, 1.165) is 18.7 Å². The molecule has 3 rings (SSSR count). The molecule has 0 aromatic heterocycles. The highest BCUT2D eigenvalue weighted by Crippen LogP contribution is 2.32. The van der Waals surface area contributed by atoms with E-state index >= 15 is 0 Å². The molecule has 3 aromatic carbocycles. The molecule has 0 bridgehead atoms. The van der Waals surface area contributed by atoms with E-state index in [0.29, 0.717) is 13.0 Å². The molecule has 0 N–H and O–H groups in total. The summed E-state index contributed by atoms with van der Waals surface area (Å²) in [6.45, 7) is 4.18. The Labute approximate surface area is 174 Å². The maximum Gasteiger partial charge on any atom is 0.317 e. The number of rotatable bonds is 9. The van der Waals surface area contributed by atoms with Crippen LogP contribution >= 0.6 is 0 Å². The molecule has 0 aliphatic carbocycles. The Morgan fingerprint density at radius 2 is 1.24 bits per heavy atom. The van der Waals surface area contributed by atoms with Gasteiger partial charge in [-0.1, -0.05) is 97.9 Å². The molecule has 0 radical (unpaired) electrons. The van der Waals surface area contributed by atoms with E-state index in [1.165, 1.54) is 18.2 Å². The van der Waals surface area contributed by atoms with E-state index in [1.807, 2.05) is 42.5 Å². The zero-order valence-electron chi connectivity index (χ0n) is 17.3. The fourth-order valence-electron chi connectivity index (χ4n) is 3.92. The number of ether oxygens (including phenoxy) is 1. The van der Waals surface area contributed by atoms with Gasteiger partial charge >= 0.3 is 5.97 Å². The van der Waals surface area contributed by atoms with Gasteiger partial charge in [0.25, 0.3) is 0 Å². The van der Waals surface area contributed by atoms with Gasteiger partial charge in [-0.3, -0.25) is 9.69 Å². The van der Waals surface area contributed by atoms with Crippen molar-refractivity contribution in [3.63, 3.8) is 0 Å². The number of esters is 1. The molecule has 3 heteroatoms. The second kappa shape index (κ2) is 10.0. The van der Waals surface area contributed by atoms with E-state index in [1.54, 1.807) is 0 Å². The number of hydrogen-bond acceptors (Lipinski definition) is 3. The number of carbonyl (C=O) groups excluding carboxylic acids is 1. The van der Waals surface area contributed by atoms with Crippen LogP contribution in [-0.2, 0) is 28.0 Å². The van der Waals surface area contributed by atoms with Crippen LogP contribution in [0.1, 0.15) is 30.0 Å². The van der Waals surface area contributed by atoms with Crippen LogP contribution in [0.3, 0.4) is 0 Å². The zero-order valence-corrected chi connectivity index (χ0v) is 17.3. The van der Waals surface area contributed by atoms with Crippen LogP contribution < -0.4 is 0 Å². The Morgan fingerprint density at radius 3 is 1.66 bits per heavy atom. The molecule has 1 atom stereocenters. The zero-order chi connectivity index (χ0) is 20.5. The van der Waals surface area contributed by atoms with Crippen molar-refractivity contribution in [2.75, 3.05) is 13.7 Å². The normalized spacial score (nSPS) is 13.1. The average Bonchev–Trinajstić information content (AvgIpc) is 2.79. The summed E-state index contributed by atoms with van der Waals surface area (Å²) in [4.78, 5) is 15.4. The van der Waals surface area contributed by atoms with Crippen LogP contribution in [0, 0.1) is 0 Å². The van der Waals surface area contributed by atoms with Gasteiger partial charge in [0, 0.05) is 19.6 Å². The van der Waals surface area contributed by atoms with Crippen molar-refractivity contribution in [3.8, 4) is 0 Å². The largest absolute Gasteiger partial charge is 0.468 e. The monoisotopic (exact) mass is 387 g/mol. The van der Waals surface area contributed by atoms with E-state index in [-0.39, 0.29) is 5.97 Å². The Morgan fingerprint density at radius 1 is 0.793 bits per heavy atom. The first-order chi connectivity index (χ1) is 14.2.